The zero-order chi connectivity index (χ0) is 14.5. The summed E-state index contributed by atoms with van der Waals surface area (Å²) in [5.74, 6) is -0.161. The van der Waals surface area contributed by atoms with Crippen LogP contribution in [0.25, 0.3) is 0 Å². The maximum Gasteiger partial charge on any atom is 0.341 e. The SMILES string of the molecule is COC(=O)c1coc(CNc2ccc(F)c(OC)c2)c1. The minimum atomic E-state index is -0.455. The maximum absolute atomic E-state index is 13.2. The second-order valence-corrected chi connectivity index (χ2v) is 4.00. The molecule has 106 valence electrons. The molecule has 0 radical (unpaired) electrons. The lowest BCUT2D eigenvalue weighted by molar-refractivity contribution is 0.0600. The molecule has 2 aromatic rings. The second-order valence-electron chi connectivity index (χ2n) is 4.00. The highest BCUT2D eigenvalue weighted by molar-refractivity contribution is 5.88. The Kier molecular flexibility index (Phi) is 4.24. The maximum atomic E-state index is 13.2. The van der Waals surface area contributed by atoms with Gasteiger partial charge in [0.15, 0.2) is 11.6 Å². The van der Waals surface area contributed by atoms with Crippen molar-refractivity contribution in [2.45, 2.75) is 6.54 Å². The van der Waals surface area contributed by atoms with Gasteiger partial charge in [-0.15, -0.1) is 0 Å². The van der Waals surface area contributed by atoms with Crippen LogP contribution in [-0.4, -0.2) is 20.2 Å². The zero-order valence-corrected chi connectivity index (χ0v) is 11.1. The van der Waals surface area contributed by atoms with Crippen molar-refractivity contribution >= 4 is 11.7 Å². The van der Waals surface area contributed by atoms with Crippen LogP contribution in [0.5, 0.6) is 5.75 Å². The van der Waals surface area contributed by atoms with Crippen molar-refractivity contribution < 1.29 is 23.1 Å². The molecule has 1 heterocycles. The lowest BCUT2D eigenvalue weighted by atomic mass is 10.2. The van der Waals surface area contributed by atoms with Crippen LogP contribution in [0.1, 0.15) is 16.1 Å². The van der Waals surface area contributed by atoms with Crippen LogP contribution >= 0.6 is 0 Å². The third-order valence-electron chi connectivity index (χ3n) is 2.69. The van der Waals surface area contributed by atoms with Crippen LogP contribution < -0.4 is 10.1 Å². The van der Waals surface area contributed by atoms with Crippen LogP contribution in [0.4, 0.5) is 10.1 Å². The molecule has 1 aromatic carbocycles. The monoisotopic (exact) mass is 279 g/mol. The molecular weight excluding hydrogens is 265 g/mol. The highest BCUT2D eigenvalue weighted by Crippen LogP contribution is 2.22. The Bertz CT molecular complexity index is 609. The number of anilines is 1. The molecule has 2 rings (SSSR count). The van der Waals surface area contributed by atoms with E-state index in [9.17, 15) is 9.18 Å². The minimum absolute atomic E-state index is 0.157. The first-order valence-corrected chi connectivity index (χ1v) is 5.87. The van der Waals surface area contributed by atoms with Gasteiger partial charge in [0.1, 0.15) is 12.0 Å². The van der Waals surface area contributed by atoms with E-state index in [2.05, 4.69) is 10.1 Å². The number of carbonyl (C=O) groups excluding carboxylic acids is 1. The van der Waals surface area contributed by atoms with Crippen molar-refractivity contribution in [3.05, 3.63) is 47.7 Å². The summed E-state index contributed by atoms with van der Waals surface area (Å²) in [5.41, 5.74) is 1.03. The molecular formula is C14H14FNO4. The molecule has 1 N–H and O–H groups in total. The molecule has 5 nitrogen and oxygen atoms in total. The summed E-state index contributed by atoms with van der Waals surface area (Å²) in [6.45, 7) is 0.353. The predicted molar refractivity (Wildman–Crippen MR) is 70.3 cm³/mol. The van der Waals surface area contributed by atoms with E-state index in [1.54, 1.807) is 18.2 Å². The molecule has 0 atom stereocenters. The van der Waals surface area contributed by atoms with Crippen molar-refractivity contribution in [2.24, 2.45) is 0 Å². The van der Waals surface area contributed by atoms with Crippen LogP contribution in [0.2, 0.25) is 0 Å². The Balaban J connectivity index is 2.01. The van der Waals surface area contributed by atoms with Gasteiger partial charge in [-0.05, 0) is 18.2 Å². The zero-order valence-electron chi connectivity index (χ0n) is 11.1. The van der Waals surface area contributed by atoms with E-state index in [-0.39, 0.29) is 5.75 Å². The highest BCUT2D eigenvalue weighted by atomic mass is 19.1. The molecule has 0 aliphatic heterocycles. The number of methoxy groups -OCH3 is 2. The Labute approximate surface area is 115 Å². The third kappa shape index (κ3) is 3.09. The molecule has 0 spiro atoms. The molecule has 0 bridgehead atoms. The molecule has 0 aliphatic carbocycles. The summed E-state index contributed by atoms with van der Waals surface area (Å²) >= 11 is 0. The van der Waals surface area contributed by atoms with Crippen LogP contribution in [0.15, 0.2) is 34.9 Å². The van der Waals surface area contributed by atoms with Gasteiger partial charge in [0.2, 0.25) is 0 Å². The lowest BCUT2D eigenvalue weighted by Crippen LogP contribution is -2.00. The number of esters is 1. The van der Waals surface area contributed by atoms with Gasteiger partial charge >= 0.3 is 5.97 Å². The molecule has 0 amide bonds. The molecule has 6 heteroatoms. The fourth-order valence-electron chi connectivity index (χ4n) is 1.66. The van der Waals surface area contributed by atoms with Crippen LogP contribution in [-0.2, 0) is 11.3 Å². The van der Waals surface area contributed by atoms with Gasteiger partial charge in [-0.25, -0.2) is 9.18 Å². The minimum Gasteiger partial charge on any atom is -0.494 e. The molecule has 0 saturated carbocycles. The number of hydrogen-bond acceptors (Lipinski definition) is 5. The second kappa shape index (κ2) is 6.10. The first-order valence-electron chi connectivity index (χ1n) is 5.87. The van der Waals surface area contributed by atoms with Gasteiger partial charge < -0.3 is 19.2 Å². The average molecular weight is 279 g/mol. The molecule has 0 aliphatic rings. The fourth-order valence-corrected chi connectivity index (χ4v) is 1.66. The summed E-state index contributed by atoms with van der Waals surface area (Å²) in [6, 6.07) is 6.02. The van der Waals surface area contributed by atoms with E-state index in [1.807, 2.05) is 0 Å². The standard InChI is InChI=1S/C14H14FNO4/c1-18-13-6-10(3-4-12(13)15)16-7-11-5-9(8-20-11)14(17)19-2/h3-6,8,16H,7H2,1-2H3. The Morgan fingerprint density at radius 3 is 2.85 bits per heavy atom. The van der Waals surface area contributed by atoms with Gasteiger partial charge in [0.05, 0.1) is 26.3 Å². The molecule has 1 aromatic heterocycles. The summed E-state index contributed by atoms with van der Waals surface area (Å²) in [4.78, 5) is 11.3. The molecule has 0 fully saturated rings. The van der Waals surface area contributed by atoms with Crippen molar-refractivity contribution in [1.29, 1.82) is 0 Å². The summed E-state index contributed by atoms with van der Waals surface area (Å²) in [5, 5.41) is 3.04. The van der Waals surface area contributed by atoms with Gasteiger partial charge in [-0.2, -0.15) is 0 Å². The molecule has 0 saturated heterocycles. The van der Waals surface area contributed by atoms with Crippen molar-refractivity contribution in [3.8, 4) is 5.75 Å². The van der Waals surface area contributed by atoms with Gasteiger partial charge in [-0.3, -0.25) is 0 Å². The predicted octanol–water partition coefficient (Wildman–Crippen LogP) is 2.83. The first-order chi connectivity index (χ1) is 9.63. The van der Waals surface area contributed by atoms with Gasteiger partial charge in [0.25, 0.3) is 0 Å². The van der Waals surface area contributed by atoms with Crippen molar-refractivity contribution in [1.82, 2.24) is 0 Å². The Morgan fingerprint density at radius 1 is 1.35 bits per heavy atom. The molecule has 20 heavy (non-hydrogen) atoms. The molecule has 0 unspecified atom stereocenters. The number of carbonyl (C=O) groups is 1. The number of furan rings is 1. The van der Waals surface area contributed by atoms with E-state index in [0.29, 0.717) is 23.6 Å². The Hall–Kier alpha value is -2.50. The van der Waals surface area contributed by atoms with Crippen LogP contribution in [0, 0.1) is 5.82 Å². The van der Waals surface area contributed by atoms with Crippen LogP contribution in [0.3, 0.4) is 0 Å². The van der Waals surface area contributed by atoms with E-state index in [1.165, 1.54) is 26.5 Å². The van der Waals surface area contributed by atoms with E-state index in [0.717, 1.165) is 0 Å². The lowest BCUT2D eigenvalue weighted by Gasteiger charge is -2.07. The largest absolute Gasteiger partial charge is 0.494 e. The number of ether oxygens (including phenoxy) is 2. The average Bonchev–Trinajstić information content (AvgIpc) is 2.94. The van der Waals surface area contributed by atoms with Gasteiger partial charge in [0, 0.05) is 11.8 Å². The smallest absolute Gasteiger partial charge is 0.341 e. The normalized spacial score (nSPS) is 10.2. The number of nitrogens with one attached hydrogen (secondary N) is 1. The highest BCUT2D eigenvalue weighted by Gasteiger charge is 2.10. The van der Waals surface area contributed by atoms with E-state index >= 15 is 0 Å². The summed E-state index contributed by atoms with van der Waals surface area (Å²) in [7, 11) is 2.70. The number of hydrogen-bond donors (Lipinski definition) is 1. The Morgan fingerprint density at radius 2 is 2.15 bits per heavy atom. The quantitative estimate of drug-likeness (QED) is 0.853. The van der Waals surface area contributed by atoms with Crippen molar-refractivity contribution in [3.63, 3.8) is 0 Å². The van der Waals surface area contributed by atoms with Gasteiger partial charge in [-0.1, -0.05) is 0 Å². The topological polar surface area (TPSA) is 60.7 Å². The fraction of sp³-hybridized carbons (Fsp3) is 0.214. The third-order valence-corrected chi connectivity index (χ3v) is 2.69. The number of rotatable bonds is 5. The summed E-state index contributed by atoms with van der Waals surface area (Å²) < 4.78 is 27.9. The first kappa shape index (κ1) is 13.9. The van der Waals surface area contributed by atoms with Crippen molar-refractivity contribution in [2.75, 3.05) is 19.5 Å². The number of benzene rings is 1. The van der Waals surface area contributed by atoms with E-state index in [4.69, 9.17) is 9.15 Å². The van der Waals surface area contributed by atoms with E-state index < -0.39 is 11.8 Å². The number of halogens is 1. The summed E-state index contributed by atoms with van der Waals surface area (Å²) in [6.07, 6.45) is 1.33.